The zero-order chi connectivity index (χ0) is 16.5. The molecule has 1 heterocycles. The summed E-state index contributed by atoms with van der Waals surface area (Å²) in [5.41, 5.74) is 1.87. The van der Waals surface area contributed by atoms with Crippen LogP contribution in [0.4, 0.5) is 11.5 Å². The van der Waals surface area contributed by atoms with Gasteiger partial charge in [0.25, 0.3) is 0 Å². The van der Waals surface area contributed by atoms with Gasteiger partial charge in [0, 0.05) is 13.7 Å². The predicted molar refractivity (Wildman–Crippen MR) is 89.9 cm³/mol. The number of pyridine rings is 1. The number of hydrogen-bond acceptors (Lipinski definition) is 5. The summed E-state index contributed by atoms with van der Waals surface area (Å²) < 4.78 is 9.89. The Bertz CT molecular complexity index is 612. The van der Waals surface area contributed by atoms with Crippen LogP contribution in [0.15, 0.2) is 42.6 Å². The number of ether oxygens (including phenoxy) is 2. The number of hydrogen-bond donors (Lipinski definition) is 2. The van der Waals surface area contributed by atoms with Crippen molar-refractivity contribution in [2.24, 2.45) is 0 Å². The van der Waals surface area contributed by atoms with Crippen molar-refractivity contribution in [2.45, 2.75) is 6.42 Å². The zero-order valence-corrected chi connectivity index (χ0v) is 13.3. The molecule has 6 heteroatoms. The minimum absolute atomic E-state index is 0.0296. The number of nitrogens with zero attached hydrogens (tertiary/aromatic N) is 1. The summed E-state index contributed by atoms with van der Waals surface area (Å²) in [7, 11) is 3.14. The largest absolute Gasteiger partial charge is 0.497 e. The molecular formula is C17H21N3O3. The van der Waals surface area contributed by atoms with Gasteiger partial charge >= 0.3 is 0 Å². The second-order valence-electron chi connectivity index (χ2n) is 4.94. The first-order valence-electron chi connectivity index (χ1n) is 7.33. The highest BCUT2D eigenvalue weighted by molar-refractivity contribution is 5.91. The van der Waals surface area contributed by atoms with E-state index in [4.69, 9.17) is 9.47 Å². The number of benzene rings is 1. The molecule has 0 unspecified atom stereocenters. The highest BCUT2D eigenvalue weighted by Gasteiger charge is 2.02. The lowest BCUT2D eigenvalue weighted by atomic mass is 10.1. The SMILES string of the molecule is COCC(=O)Nc1ccc(NCCc2ccc(OC)cc2)nc1. The molecular weight excluding hydrogens is 294 g/mol. The van der Waals surface area contributed by atoms with Gasteiger partial charge in [0.2, 0.25) is 5.91 Å². The summed E-state index contributed by atoms with van der Waals surface area (Å²) in [6.45, 7) is 0.802. The quantitative estimate of drug-likeness (QED) is 0.782. The van der Waals surface area contributed by atoms with Crippen molar-refractivity contribution in [2.75, 3.05) is 38.0 Å². The van der Waals surface area contributed by atoms with Crippen LogP contribution in [-0.2, 0) is 16.0 Å². The van der Waals surface area contributed by atoms with Gasteiger partial charge in [-0.15, -0.1) is 0 Å². The Morgan fingerprint density at radius 2 is 1.91 bits per heavy atom. The summed E-state index contributed by atoms with van der Waals surface area (Å²) >= 11 is 0. The molecule has 1 aromatic heterocycles. The minimum atomic E-state index is -0.200. The highest BCUT2D eigenvalue weighted by Crippen LogP contribution is 2.13. The van der Waals surface area contributed by atoms with Crippen LogP contribution >= 0.6 is 0 Å². The predicted octanol–water partition coefficient (Wildman–Crippen LogP) is 2.33. The number of aromatic nitrogens is 1. The van der Waals surface area contributed by atoms with E-state index < -0.39 is 0 Å². The topological polar surface area (TPSA) is 72.5 Å². The van der Waals surface area contributed by atoms with Gasteiger partial charge in [-0.2, -0.15) is 0 Å². The smallest absolute Gasteiger partial charge is 0.250 e. The number of amides is 1. The van der Waals surface area contributed by atoms with Crippen molar-refractivity contribution >= 4 is 17.4 Å². The van der Waals surface area contributed by atoms with E-state index in [1.54, 1.807) is 19.4 Å². The van der Waals surface area contributed by atoms with E-state index in [1.807, 2.05) is 30.3 Å². The fraction of sp³-hybridized carbons (Fsp3) is 0.294. The molecule has 0 radical (unpaired) electrons. The van der Waals surface area contributed by atoms with Gasteiger partial charge in [-0.25, -0.2) is 4.98 Å². The highest BCUT2D eigenvalue weighted by atomic mass is 16.5. The number of methoxy groups -OCH3 is 2. The van der Waals surface area contributed by atoms with E-state index in [0.717, 1.165) is 24.5 Å². The van der Waals surface area contributed by atoms with E-state index in [-0.39, 0.29) is 12.5 Å². The third-order valence-electron chi connectivity index (χ3n) is 3.20. The summed E-state index contributed by atoms with van der Waals surface area (Å²) in [6.07, 6.45) is 2.50. The van der Waals surface area contributed by atoms with Crippen LogP contribution in [0.3, 0.4) is 0 Å². The average Bonchev–Trinajstić information content (AvgIpc) is 2.57. The fourth-order valence-electron chi connectivity index (χ4n) is 2.03. The molecule has 1 aromatic carbocycles. The lowest BCUT2D eigenvalue weighted by molar-refractivity contribution is -0.119. The molecule has 0 atom stereocenters. The van der Waals surface area contributed by atoms with Gasteiger partial charge in [-0.3, -0.25) is 4.79 Å². The lowest BCUT2D eigenvalue weighted by Crippen LogP contribution is -2.17. The molecule has 23 heavy (non-hydrogen) atoms. The first kappa shape index (κ1) is 16.8. The van der Waals surface area contributed by atoms with Crippen LogP contribution in [0.25, 0.3) is 0 Å². The molecule has 6 nitrogen and oxygen atoms in total. The summed E-state index contributed by atoms with van der Waals surface area (Å²) in [5.74, 6) is 1.42. The monoisotopic (exact) mass is 315 g/mol. The standard InChI is InChI=1S/C17H21N3O3/c1-22-12-17(21)20-14-5-8-16(19-11-14)18-10-9-13-3-6-15(23-2)7-4-13/h3-8,11H,9-10,12H2,1-2H3,(H,18,19)(H,20,21). The Hall–Kier alpha value is -2.60. The third-order valence-corrected chi connectivity index (χ3v) is 3.20. The zero-order valence-electron chi connectivity index (χ0n) is 13.3. The van der Waals surface area contributed by atoms with Crippen LogP contribution in [0, 0.1) is 0 Å². The van der Waals surface area contributed by atoms with E-state index in [0.29, 0.717) is 5.69 Å². The Kier molecular flexibility index (Phi) is 6.38. The fourth-order valence-corrected chi connectivity index (χ4v) is 2.03. The van der Waals surface area contributed by atoms with Crippen LogP contribution in [0.5, 0.6) is 5.75 Å². The maximum Gasteiger partial charge on any atom is 0.250 e. The average molecular weight is 315 g/mol. The van der Waals surface area contributed by atoms with Gasteiger partial charge < -0.3 is 20.1 Å². The molecule has 1 amide bonds. The molecule has 0 spiro atoms. The van der Waals surface area contributed by atoms with Crippen molar-refractivity contribution < 1.29 is 14.3 Å². The molecule has 0 bridgehead atoms. The van der Waals surface area contributed by atoms with Crippen molar-refractivity contribution in [1.82, 2.24) is 4.98 Å². The molecule has 2 aromatic rings. The van der Waals surface area contributed by atoms with E-state index in [9.17, 15) is 4.79 Å². The molecule has 2 N–H and O–H groups in total. The lowest BCUT2D eigenvalue weighted by Gasteiger charge is -2.08. The molecule has 0 fully saturated rings. The number of carbonyl (C=O) groups excluding carboxylic acids is 1. The van der Waals surface area contributed by atoms with Crippen LogP contribution in [0.1, 0.15) is 5.56 Å². The molecule has 0 aliphatic carbocycles. The van der Waals surface area contributed by atoms with Gasteiger partial charge in [0.1, 0.15) is 18.2 Å². The normalized spacial score (nSPS) is 10.2. The van der Waals surface area contributed by atoms with Crippen molar-refractivity contribution in [3.8, 4) is 5.75 Å². The molecule has 2 rings (SSSR count). The Labute approximate surface area is 135 Å². The number of carbonyl (C=O) groups is 1. The van der Waals surface area contributed by atoms with Gasteiger partial charge in [0.05, 0.1) is 19.0 Å². The Morgan fingerprint density at radius 1 is 1.13 bits per heavy atom. The van der Waals surface area contributed by atoms with Crippen molar-refractivity contribution in [1.29, 1.82) is 0 Å². The second kappa shape index (κ2) is 8.75. The molecule has 0 aliphatic rings. The Balaban J connectivity index is 1.78. The molecule has 122 valence electrons. The summed E-state index contributed by atoms with van der Waals surface area (Å²) in [6, 6.07) is 11.6. The van der Waals surface area contributed by atoms with Crippen molar-refractivity contribution in [3.63, 3.8) is 0 Å². The number of rotatable bonds is 8. The summed E-state index contributed by atoms with van der Waals surface area (Å²) in [4.78, 5) is 15.6. The first-order chi connectivity index (χ1) is 11.2. The number of nitrogens with one attached hydrogen (secondary N) is 2. The van der Waals surface area contributed by atoms with Crippen LogP contribution < -0.4 is 15.4 Å². The van der Waals surface area contributed by atoms with Crippen LogP contribution in [0.2, 0.25) is 0 Å². The van der Waals surface area contributed by atoms with E-state index in [2.05, 4.69) is 15.6 Å². The molecule has 0 aliphatic heterocycles. The molecule has 0 saturated carbocycles. The first-order valence-corrected chi connectivity index (χ1v) is 7.33. The molecule has 0 saturated heterocycles. The van der Waals surface area contributed by atoms with E-state index >= 15 is 0 Å². The van der Waals surface area contributed by atoms with Crippen LogP contribution in [-0.4, -0.2) is 38.3 Å². The summed E-state index contributed by atoms with van der Waals surface area (Å²) in [5, 5.41) is 5.94. The van der Waals surface area contributed by atoms with Gasteiger partial charge in [0.15, 0.2) is 0 Å². The van der Waals surface area contributed by atoms with E-state index in [1.165, 1.54) is 12.7 Å². The third kappa shape index (κ3) is 5.60. The number of anilines is 2. The van der Waals surface area contributed by atoms with Gasteiger partial charge in [-0.05, 0) is 36.2 Å². The second-order valence-corrected chi connectivity index (χ2v) is 4.94. The van der Waals surface area contributed by atoms with Gasteiger partial charge in [-0.1, -0.05) is 12.1 Å². The maximum atomic E-state index is 11.4. The Morgan fingerprint density at radius 3 is 2.52 bits per heavy atom. The minimum Gasteiger partial charge on any atom is -0.497 e. The maximum absolute atomic E-state index is 11.4. The van der Waals surface area contributed by atoms with Crippen molar-refractivity contribution in [3.05, 3.63) is 48.2 Å².